The molecule has 2 heterocycles. The number of hydrogen-bond acceptors (Lipinski definition) is 6. The fraction of sp³-hybridized carbons (Fsp3) is 0.429. The summed E-state index contributed by atoms with van der Waals surface area (Å²) in [5.74, 6) is 1.11. The van der Waals surface area contributed by atoms with E-state index in [9.17, 15) is 4.79 Å². The summed E-state index contributed by atoms with van der Waals surface area (Å²) in [6.45, 7) is 4.56. The first-order valence-electron chi connectivity index (χ1n) is 10.0. The number of carbonyl (C=O) groups excluding carboxylic acids is 1. The molecule has 1 atom stereocenters. The summed E-state index contributed by atoms with van der Waals surface area (Å²) in [7, 11) is 0. The molecule has 2 N–H and O–H groups in total. The van der Waals surface area contributed by atoms with Crippen LogP contribution < -0.4 is 5.32 Å². The number of nitrogens with one attached hydrogen (secondary N) is 1. The van der Waals surface area contributed by atoms with Crippen LogP contribution in [-0.2, 0) is 19.4 Å². The van der Waals surface area contributed by atoms with E-state index in [1.807, 2.05) is 26.0 Å². The van der Waals surface area contributed by atoms with E-state index in [0.717, 1.165) is 29.7 Å². The Hall–Kier alpha value is -3.00. The number of rotatable bonds is 7. The molecule has 0 aliphatic heterocycles. The number of aromatic nitrogens is 4. The van der Waals surface area contributed by atoms with Crippen molar-refractivity contribution in [2.24, 2.45) is 0 Å². The van der Waals surface area contributed by atoms with Crippen LogP contribution in [0.25, 0.3) is 11.4 Å². The first-order chi connectivity index (χ1) is 14.1. The Morgan fingerprint density at radius 1 is 1.41 bits per heavy atom. The van der Waals surface area contributed by atoms with E-state index in [-0.39, 0.29) is 18.6 Å². The van der Waals surface area contributed by atoms with Crippen LogP contribution in [0.4, 0.5) is 0 Å². The number of fused-ring (bicyclic) bond motifs is 1. The van der Waals surface area contributed by atoms with Crippen molar-refractivity contribution in [3.05, 3.63) is 52.7 Å². The number of benzene rings is 1. The topological polar surface area (TPSA) is 106 Å². The van der Waals surface area contributed by atoms with Crippen molar-refractivity contribution in [3.8, 4) is 11.4 Å². The van der Waals surface area contributed by atoms with Crippen molar-refractivity contribution in [2.75, 3.05) is 6.61 Å². The highest BCUT2D eigenvalue weighted by atomic mass is 16.5. The molecular weight excluding hydrogens is 370 g/mol. The van der Waals surface area contributed by atoms with Crippen LogP contribution in [0.1, 0.15) is 58.9 Å². The maximum Gasteiger partial charge on any atom is 0.255 e. The van der Waals surface area contributed by atoms with Crippen LogP contribution in [0.3, 0.4) is 0 Å². The maximum absolute atomic E-state index is 12.8. The van der Waals surface area contributed by atoms with E-state index in [1.165, 1.54) is 5.56 Å². The zero-order valence-electron chi connectivity index (χ0n) is 16.7. The monoisotopic (exact) mass is 395 g/mol. The van der Waals surface area contributed by atoms with Crippen LogP contribution >= 0.6 is 0 Å². The molecule has 2 aromatic heterocycles. The van der Waals surface area contributed by atoms with Crippen molar-refractivity contribution >= 4 is 5.91 Å². The molecule has 4 rings (SSSR count). The van der Waals surface area contributed by atoms with Gasteiger partial charge in [0.2, 0.25) is 11.7 Å². The molecular formula is C21H25N5O3. The number of aryl methyl sites for hydroxylation is 3. The third kappa shape index (κ3) is 3.80. The van der Waals surface area contributed by atoms with Gasteiger partial charge in [-0.3, -0.25) is 9.48 Å². The summed E-state index contributed by atoms with van der Waals surface area (Å²) < 4.78 is 6.97. The number of aliphatic hydroxyl groups excluding tert-OH is 1. The summed E-state index contributed by atoms with van der Waals surface area (Å²) in [6, 6.07) is 6.08. The molecule has 152 valence electrons. The zero-order valence-corrected chi connectivity index (χ0v) is 16.7. The first-order valence-corrected chi connectivity index (χ1v) is 10.0. The second kappa shape index (κ2) is 8.16. The van der Waals surface area contributed by atoms with Crippen molar-refractivity contribution < 1.29 is 14.4 Å². The Morgan fingerprint density at radius 3 is 3.03 bits per heavy atom. The van der Waals surface area contributed by atoms with Crippen LogP contribution in [0.5, 0.6) is 0 Å². The lowest BCUT2D eigenvalue weighted by molar-refractivity contribution is 0.0936. The molecule has 0 radical (unpaired) electrons. The van der Waals surface area contributed by atoms with E-state index in [0.29, 0.717) is 36.7 Å². The number of carbonyl (C=O) groups is 1. The lowest BCUT2D eigenvalue weighted by atomic mass is 10.0. The van der Waals surface area contributed by atoms with Gasteiger partial charge in [0.1, 0.15) is 0 Å². The van der Waals surface area contributed by atoms with Crippen molar-refractivity contribution in [3.63, 3.8) is 0 Å². The highest BCUT2D eigenvalue weighted by molar-refractivity contribution is 5.95. The quantitative estimate of drug-likeness (QED) is 0.637. The third-order valence-corrected chi connectivity index (χ3v) is 5.43. The third-order valence-electron chi connectivity index (χ3n) is 5.43. The van der Waals surface area contributed by atoms with Gasteiger partial charge in [-0.05, 0) is 43.4 Å². The largest absolute Gasteiger partial charge is 0.396 e. The average Bonchev–Trinajstić information content (AvgIpc) is 3.45. The fourth-order valence-corrected chi connectivity index (χ4v) is 3.77. The second-order valence-corrected chi connectivity index (χ2v) is 7.29. The van der Waals surface area contributed by atoms with Crippen molar-refractivity contribution in [1.29, 1.82) is 0 Å². The molecule has 0 saturated heterocycles. The van der Waals surface area contributed by atoms with Gasteiger partial charge in [-0.1, -0.05) is 24.2 Å². The second-order valence-electron chi connectivity index (χ2n) is 7.29. The molecule has 1 aromatic carbocycles. The van der Waals surface area contributed by atoms with Crippen LogP contribution in [-0.4, -0.2) is 37.5 Å². The first kappa shape index (κ1) is 19.3. The Bertz CT molecular complexity index is 1020. The lowest BCUT2D eigenvalue weighted by Crippen LogP contribution is -2.27. The number of hydrogen-bond donors (Lipinski definition) is 2. The molecule has 0 fully saturated rings. The highest BCUT2D eigenvalue weighted by Gasteiger charge is 2.26. The SMILES string of the molecule is CCc1nc(-c2ccc3c(c2)CCC3NC(=O)c2cnn(CCCO)c2C)no1. The zero-order chi connectivity index (χ0) is 20.4. The highest BCUT2D eigenvalue weighted by Crippen LogP contribution is 2.34. The van der Waals surface area contributed by atoms with Crippen LogP contribution in [0.15, 0.2) is 28.9 Å². The molecule has 8 nitrogen and oxygen atoms in total. The standard InChI is InChI=1S/C21H25N5O3/c1-3-19-24-20(25-29-19)15-5-7-16-14(11-15)6-8-18(16)23-21(28)17-12-22-26(13(17)2)9-4-10-27/h5,7,11-12,18,27H,3-4,6,8-10H2,1-2H3,(H,23,28). The maximum atomic E-state index is 12.8. The summed E-state index contributed by atoms with van der Waals surface area (Å²) in [5.41, 5.74) is 4.65. The molecule has 0 saturated carbocycles. The summed E-state index contributed by atoms with van der Waals surface area (Å²) in [5, 5.41) is 20.4. The molecule has 1 aliphatic carbocycles. The molecule has 0 spiro atoms. The van der Waals surface area contributed by atoms with Gasteiger partial charge < -0.3 is 14.9 Å². The van der Waals surface area contributed by atoms with Gasteiger partial charge in [0, 0.05) is 30.8 Å². The minimum absolute atomic E-state index is 0.0248. The van der Waals surface area contributed by atoms with E-state index in [1.54, 1.807) is 10.9 Å². The summed E-state index contributed by atoms with van der Waals surface area (Å²) >= 11 is 0. The van der Waals surface area contributed by atoms with Gasteiger partial charge in [0.25, 0.3) is 5.91 Å². The van der Waals surface area contributed by atoms with Crippen LogP contribution in [0, 0.1) is 6.92 Å². The molecule has 1 aliphatic rings. The Kier molecular flexibility index (Phi) is 5.44. The molecule has 0 bridgehead atoms. The molecule has 3 aromatic rings. The fourth-order valence-electron chi connectivity index (χ4n) is 3.77. The van der Waals surface area contributed by atoms with E-state index in [4.69, 9.17) is 9.63 Å². The van der Waals surface area contributed by atoms with Gasteiger partial charge >= 0.3 is 0 Å². The van der Waals surface area contributed by atoms with E-state index >= 15 is 0 Å². The lowest BCUT2D eigenvalue weighted by Gasteiger charge is -2.14. The van der Waals surface area contributed by atoms with Gasteiger partial charge in [-0.2, -0.15) is 10.1 Å². The van der Waals surface area contributed by atoms with Gasteiger partial charge in [-0.25, -0.2) is 0 Å². The predicted molar refractivity (Wildman–Crippen MR) is 106 cm³/mol. The Morgan fingerprint density at radius 2 is 2.28 bits per heavy atom. The average molecular weight is 395 g/mol. The molecule has 8 heteroatoms. The number of aliphatic hydroxyl groups is 1. The minimum atomic E-state index is -0.120. The normalized spacial score (nSPS) is 15.5. The molecule has 29 heavy (non-hydrogen) atoms. The molecule has 1 unspecified atom stereocenters. The smallest absolute Gasteiger partial charge is 0.255 e. The van der Waals surface area contributed by atoms with E-state index < -0.39 is 0 Å². The molecule has 1 amide bonds. The number of amides is 1. The van der Waals surface area contributed by atoms with Gasteiger partial charge in [-0.15, -0.1) is 0 Å². The Balaban J connectivity index is 1.48. The van der Waals surface area contributed by atoms with Gasteiger partial charge in [0.05, 0.1) is 17.8 Å². The predicted octanol–water partition coefficient (Wildman–Crippen LogP) is 2.60. The Labute approximate surface area is 168 Å². The summed E-state index contributed by atoms with van der Waals surface area (Å²) in [6.07, 6.45) is 4.67. The van der Waals surface area contributed by atoms with Crippen molar-refractivity contribution in [2.45, 2.75) is 52.1 Å². The van der Waals surface area contributed by atoms with Gasteiger partial charge in [0.15, 0.2) is 0 Å². The van der Waals surface area contributed by atoms with Crippen LogP contribution in [0.2, 0.25) is 0 Å². The minimum Gasteiger partial charge on any atom is -0.396 e. The van der Waals surface area contributed by atoms with E-state index in [2.05, 4.69) is 26.6 Å². The van der Waals surface area contributed by atoms with Crippen molar-refractivity contribution in [1.82, 2.24) is 25.2 Å². The number of nitrogens with zero attached hydrogens (tertiary/aromatic N) is 4. The summed E-state index contributed by atoms with van der Waals surface area (Å²) in [4.78, 5) is 17.2.